The first-order chi connectivity index (χ1) is 5.58. The van der Waals surface area contributed by atoms with E-state index in [1.807, 2.05) is 29.1 Å². The van der Waals surface area contributed by atoms with Crippen molar-refractivity contribution in [3.8, 4) is 0 Å². The van der Waals surface area contributed by atoms with Crippen molar-refractivity contribution in [2.75, 3.05) is 5.75 Å². The summed E-state index contributed by atoms with van der Waals surface area (Å²) in [6, 6.07) is 3.80. The van der Waals surface area contributed by atoms with Gasteiger partial charge in [0, 0.05) is 18.9 Å². The molecule has 12 heavy (non-hydrogen) atoms. The molecule has 1 aromatic rings. The van der Waals surface area contributed by atoms with Crippen molar-refractivity contribution in [1.82, 2.24) is 4.57 Å². The molecule has 0 aliphatic rings. The molecule has 5 heteroatoms. The van der Waals surface area contributed by atoms with E-state index < -0.39 is 10.0 Å². The van der Waals surface area contributed by atoms with Gasteiger partial charge in [-0.05, 0) is 18.6 Å². The summed E-state index contributed by atoms with van der Waals surface area (Å²) in [7, 11) is -3.29. The Balaban J connectivity index is 2.29. The summed E-state index contributed by atoms with van der Waals surface area (Å²) in [5.74, 6) is 0.0468. The molecule has 0 spiro atoms. The van der Waals surface area contributed by atoms with Gasteiger partial charge in [0.25, 0.3) is 0 Å². The van der Waals surface area contributed by atoms with Gasteiger partial charge in [-0.1, -0.05) is 0 Å². The average molecular weight is 188 g/mol. The molecule has 0 aliphatic carbocycles. The smallest absolute Gasteiger partial charge is 0.209 e. The summed E-state index contributed by atoms with van der Waals surface area (Å²) in [4.78, 5) is 0. The lowest BCUT2D eigenvalue weighted by Gasteiger charge is -2.00. The molecule has 0 fully saturated rings. The van der Waals surface area contributed by atoms with E-state index in [-0.39, 0.29) is 5.75 Å². The summed E-state index contributed by atoms with van der Waals surface area (Å²) in [5, 5.41) is 4.84. The molecule has 1 heterocycles. The fraction of sp³-hybridized carbons (Fsp3) is 0.429. The Morgan fingerprint density at radius 1 is 1.25 bits per heavy atom. The van der Waals surface area contributed by atoms with E-state index in [1.165, 1.54) is 0 Å². The normalized spacial score (nSPS) is 11.8. The van der Waals surface area contributed by atoms with Crippen LogP contribution in [0.1, 0.15) is 6.42 Å². The van der Waals surface area contributed by atoms with Crippen molar-refractivity contribution in [2.45, 2.75) is 13.0 Å². The first kappa shape index (κ1) is 9.28. The van der Waals surface area contributed by atoms with Crippen molar-refractivity contribution >= 4 is 10.0 Å². The quantitative estimate of drug-likeness (QED) is 0.731. The van der Waals surface area contributed by atoms with Crippen LogP contribution in [0.3, 0.4) is 0 Å². The lowest BCUT2D eigenvalue weighted by Crippen LogP contribution is -2.17. The Hall–Kier alpha value is -0.810. The molecule has 0 saturated carbocycles. The van der Waals surface area contributed by atoms with Gasteiger partial charge in [-0.15, -0.1) is 0 Å². The monoisotopic (exact) mass is 188 g/mol. The maximum absolute atomic E-state index is 10.5. The molecule has 0 radical (unpaired) electrons. The van der Waals surface area contributed by atoms with Crippen LogP contribution >= 0.6 is 0 Å². The summed E-state index contributed by atoms with van der Waals surface area (Å²) < 4.78 is 23.0. The highest BCUT2D eigenvalue weighted by molar-refractivity contribution is 7.89. The summed E-state index contributed by atoms with van der Waals surface area (Å²) in [6.45, 7) is 0.698. The number of sulfonamides is 1. The zero-order chi connectivity index (χ0) is 9.03. The molecule has 0 bridgehead atoms. The third kappa shape index (κ3) is 3.54. The van der Waals surface area contributed by atoms with Crippen molar-refractivity contribution in [3.05, 3.63) is 24.5 Å². The van der Waals surface area contributed by atoms with Gasteiger partial charge in [0.1, 0.15) is 0 Å². The van der Waals surface area contributed by atoms with Crippen LogP contribution in [-0.2, 0) is 16.6 Å². The maximum atomic E-state index is 10.5. The maximum Gasteiger partial charge on any atom is 0.209 e. The minimum Gasteiger partial charge on any atom is -0.354 e. The molecule has 0 aromatic carbocycles. The number of aromatic nitrogens is 1. The van der Waals surface area contributed by atoms with Crippen molar-refractivity contribution in [2.24, 2.45) is 5.14 Å². The summed E-state index contributed by atoms with van der Waals surface area (Å²) >= 11 is 0. The zero-order valence-electron chi connectivity index (χ0n) is 6.68. The Morgan fingerprint density at radius 2 is 1.83 bits per heavy atom. The molecule has 0 aliphatic heterocycles. The number of hydrogen-bond donors (Lipinski definition) is 1. The van der Waals surface area contributed by atoms with Crippen LogP contribution in [-0.4, -0.2) is 18.7 Å². The Bertz CT molecular complexity index is 315. The molecule has 0 atom stereocenters. The number of nitrogens with zero attached hydrogens (tertiary/aromatic N) is 1. The Morgan fingerprint density at radius 3 is 2.33 bits per heavy atom. The number of primary sulfonamides is 1. The summed E-state index contributed by atoms with van der Waals surface area (Å²) in [6.07, 6.45) is 4.35. The lowest BCUT2D eigenvalue weighted by molar-refractivity contribution is 0.588. The Labute approximate surface area is 72.0 Å². The van der Waals surface area contributed by atoms with Gasteiger partial charge in [-0.2, -0.15) is 0 Å². The number of hydrogen-bond acceptors (Lipinski definition) is 2. The molecule has 4 nitrogen and oxygen atoms in total. The topological polar surface area (TPSA) is 65.1 Å². The van der Waals surface area contributed by atoms with E-state index in [0.717, 1.165) is 0 Å². The third-order valence-electron chi connectivity index (χ3n) is 1.51. The second-order valence-corrected chi connectivity index (χ2v) is 4.38. The molecule has 1 aromatic heterocycles. The van der Waals surface area contributed by atoms with E-state index >= 15 is 0 Å². The van der Waals surface area contributed by atoms with E-state index in [1.54, 1.807) is 0 Å². The van der Waals surface area contributed by atoms with Crippen molar-refractivity contribution in [1.29, 1.82) is 0 Å². The van der Waals surface area contributed by atoms with Gasteiger partial charge < -0.3 is 4.57 Å². The first-order valence-electron chi connectivity index (χ1n) is 3.69. The highest BCUT2D eigenvalue weighted by atomic mass is 32.2. The van der Waals surface area contributed by atoms with E-state index in [2.05, 4.69) is 0 Å². The second-order valence-electron chi connectivity index (χ2n) is 2.64. The summed E-state index contributed by atoms with van der Waals surface area (Å²) in [5.41, 5.74) is 0. The third-order valence-corrected chi connectivity index (χ3v) is 2.37. The highest BCUT2D eigenvalue weighted by Gasteiger charge is 2.00. The van der Waals surface area contributed by atoms with Crippen LogP contribution in [0.15, 0.2) is 24.5 Å². The van der Waals surface area contributed by atoms with Crippen molar-refractivity contribution < 1.29 is 8.42 Å². The van der Waals surface area contributed by atoms with Crippen LogP contribution in [0, 0.1) is 0 Å². The van der Waals surface area contributed by atoms with Gasteiger partial charge >= 0.3 is 0 Å². The SMILES string of the molecule is NS(=O)(=O)CCCn1cccc1. The van der Waals surface area contributed by atoms with Gasteiger partial charge in [-0.25, -0.2) is 13.6 Å². The van der Waals surface area contributed by atoms with Gasteiger partial charge in [-0.3, -0.25) is 0 Å². The van der Waals surface area contributed by atoms with Crippen molar-refractivity contribution in [3.63, 3.8) is 0 Å². The number of aryl methyl sites for hydroxylation is 1. The molecule has 1 rings (SSSR count). The van der Waals surface area contributed by atoms with Crippen LogP contribution in [0.4, 0.5) is 0 Å². The molecule has 2 N–H and O–H groups in total. The zero-order valence-corrected chi connectivity index (χ0v) is 7.50. The average Bonchev–Trinajstić information content (AvgIpc) is 2.36. The minimum atomic E-state index is -3.29. The van der Waals surface area contributed by atoms with Crippen LogP contribution < -0.4 is 5.14 Å². The first-order valence-corrected chi connectivity index (χ1v) is 5.41. The minimum absolute atomic E-state index is 0.0468. The van der Waals surface area contributed by atoms with Gasteiger partial charge in [0.15, 0.2) is 0 Å². The van der Waals surface area contributed by atoms with Gasteiger partial charge in [0.2, 0.25) is 10.0 Å². The largest absolute Gasteiger partial charge is 0.354 e. The fourth-order valence-electron chi connectivity index (χ4n) is 0.968. The van der Waals surface area contributed by atoms with E-state index in [9.17, 15) is 8.42 Å². The molecule has 0 amide bonds. The second kappa shape index (κ2) is 3.73. The molecule has 0 unspecified atom stereocenters. The molecular formula is C7H12N2O2S. The number of nitrogens with two attached hydrogens (primary N) is 1. The molecular weight excluding hydrogens is 176 g/mol. The van der Waals surface area contributed by atoms with Crippen LogP contribution in [0.25, 0.3) is 0 Å². The van der Waals surface area contributed by atoms with E-state index in [4.69, 9.17) is 5.14 Å². The number of rotatable bonds is 4. The standard InChI is InChI=1S/C7H12N2O2S/c8-12(10,11)7-3-6-9-4-1-2-5-9/h1-2,4-5H,3,6-7H2,(H2,8,10,11). The predicted molar refractivity (Wildman–Crippen MR) is 47.0 cm³/mol. The predicted octanol–water partition coefficient (Wildman–Crippen LogP) is 0.167. The van der Waals surface area contributed by atoms with Crippen LogP contribution in [0.2, 0.25) is 0 Å². The highest BCUT2D eigenvalue weighted by Crippen LogP contribution is 1.94. The molecule has 68 valence electrons. The molecule has 0 saturated heterocycles. The lowest BCUT2D eigenvalue weighted by atomic mass is 10.5. The van der Waals surface area contributed by atoms with Crippen LogP contribution in [0.5, 0.6) is 0 Å². The van der Waals surface area contributed by atoms with Gasteiger partial charge in [0.05, 0.1) is 5.75 Å². The van der Waals surface area contributed by atoms with E-state index in [0.29, 0.717) is 13.0 Å². The Kier molecular flexibility index (Phi) is 2.88. The fourth-order valence-corrected chi connectivity index (χ4v) is 1.50.